The summed E-state index contributed by atoms with van der Waals surface area (Å²) in [6.07, 6.45) is 1.72. The Morgan fingerprint density at radius 1 is 0.975 bits per heavy atom. The number of para-hydroxylation sites is 1. The molecule has 40 heavy (non-hydrogen) atoms. The van der Waals surface area contributed by atoms with Crippen molar-refractivity contribution in [3.05, 3.63) is 106 Å². The van der Waals surface area contributed by atoms with Crippen LogP contribution in [0.1, 0.15) is 50.4 Å². The molecule has 0 aliphatic heterocycles. The highest BCUT2D eigenvalue weighted by molar-refractivity contribution is 6.42. The van der Waals surface area contributed by atoms with E-state index < -0.39 is 0 Å². The number of fused-ring (bicyclic) bond motifs is 1. The number of pyridine rings is 1. The number of aromatic amines is 1. The van der Waals surface area contributed by atoms with Gasteiger partial charge in [0.1, 0.15) is 11.4 Å². The van der Waals surface area contributed by atoms with E-state index in [0.717, 1.165) is 40.1 Å². The van der Waals surface area contributed by atoms with Crippen LogP contribution < -0.4 is 10.1 Å². The molecule has 0 aliphatic carbocycles. The van der Waals surface area contributed by atoms with E-state index in [-0.39, 0.29) is 11.5 Å². The van der Waals surface area contributed by atoms with Crippen molar-refractivity contribution in [3.8, 4) is 11.6 Å². The number of nitrogens with zero attached hydrogens (tertiary/aromatic N) is 3. The standard InChI is InChI=1S/C32H33Cl2N5O/c1-20(39(5)19-21-12-14-24(33)25(34)17-21)22-13-15-26-28(18-22)38-31(36-26)37-27-10-8-16-35-30(27)40-29-11-7-6-9-23(29)32(2,3)4/h6-18,20H,19H2,1-5H3,(H2,36,37,38). The van der Waals surface area contributed by atoms with E-state index in [9.17, 15) is 0 Å². The summed E-state index contributed by atoms with van der Waals surface area (Å²) in [5, 5.41) is 4.50. The van der Waals surface area contributed by atoms with Gasteiger partial charge in [-0.2, -0.15) is 0 Å². The van der Waals surface area contributed by atoms with Gasteiger partial charge in [-0.1, -0.05) is 74.3 Å². The van der Waals surface area contributed by atoms with Crippen LogP contribution in [0.5, 0.6) is 11.6 Å². The molecule has 0 aliphatic rings. The maximum absolute atomic E-state index is 6.32. The largest absolute Gasteiger partial charge is 0.437 e. The average molecular weight is 575 g/mol. The molecule has 1 atom stereocenters. The zero-order chi connectivity index (χ0) is 28.4. The number of H-pyrrole nitrogens is 1. The molecular weight excluding hydrogens is 541 g/mol. The van der Waals surface area contributed by atoms with E-state index in [2.05, 4.69) is 73.1 Å². The highest BCUT2D eigenvalue weighted by Gasteiger charge is 2.20. The van der Waals surface area contributed by atoms with Crippen molar-refractivity contribution in [3.63, 3.8) is 0 Å². The molecule has 0 radical (unpaired) electrons. The predicted octanol–water partition coefficient (Wildman–Crippen LogP) is 9.29. The minimum absolute atomic E-state index is 0.0670. The molecule has 5 rings (SSSR count). The normalized spacial score (nSPS) is 12.6. The third kappa shape index (κ3) is 6.25. The molecule has 2 aromatic heterocycles. The molecule has 6 nitrogen and oxygen atoms in total. The van der Waals surface area contributed by atoms with Gasteiger partial charge in [0.2, 0.25) is 11.8 Å². The van der Waals surface area contributed by atoms with Crippen LogP contribution in [-0.4, -0.2) is 26.9 Å². The van der Waals surface area contributed by atoms with Crippen LogP contribution in [0.3, 0.4) is 0 Å². The van der Waals surface area contributed by atoms with E-state index >= 15 is 0 Å². The number of hydrogen-bond donors (Lipinski definition) is 2. The first kappa shape index (κ1) is 28.0. The van der Waals surface area contributed by atoms with Gasteiger partial charge in [0, 0.05) is 24.3 Å². The Hall–Kier alpha value is -3.58. The lowest BCUT2D eigenvalue weighted by atomic mass is 9.86. The van der Waals surface area contributed by atoms with Crippen molar-refractivity contribution in [2.24, 2.45) is 0 Å². The molecule has 0 bridgehead atoms. The van der Waals surface area contributed by atoms with E-state index in [4.69, 9.17) is 32.9 Å². The lowest BCUT2D eigenvalue weighted by molar-refractivity contribution is 0.253. The molecule has 2 heterocycles. The third-order valence-electron chi connectivity index (χ3n) is 6.99. The molecular formula is C32H33Cl2N5O. The van der Waals surface area contributed by atoms with Crippen LogP contribution in [0.2, 0.25) is 10.0 Å². The Morgan fingerprint density at radius 3 is 2.55 bits per heavy atom. The average Bonchev–Trinajstić information content (AvgIpc) is 3.32. The summed E-state index contributed by atoms with van der Waals surface area (Å²) in [5.74, 6) is 1.88. The van der Waals surface area contributed by atoms with Gasteiger partial charge in [0.05, 0.1) is 21.1 Å². The van der Waals surface area contributed by atoms with E-state index in [1.54, 1.807) is 6.20 Å². The Labute approximate surface area is 245 Å². The fraction of sp³-hybridized carbons (Fsp3) is 0.250. The molecule has 2 N–H and O–H groups in total. The molecule has 0 amide bonds. The van der Waals surface area contributed by atoms with Crippen molar-refractivity contribution < 1.29 is 4.74 Å². The predicted molar refractivity (Wildman–Crippen MR) is 165 cm³/mol. The molecule has 0 spiro atoms. The van der Waals surface area contributed by atoms with Gasteiger partial charge in [0.25, 0.3) is 0 Å². The Kier molecular flexibility index (Phi) is 8.04. The maximum atomic E-state index is 6.32. The van der Waals surface area contributed by atoms with Gasteiger partial charge in [-0.15, -0.1) is 0 Å². The van der Waals surface area contributed by atoms with Crippen molar-refractivity contribution in [1.29, 1.82) is 0 Å². The molecule has 206 valence electrons. The van der Waals surface area contributed by atoms with Crippen LogP contribution in [0.15, 0.2) is 79.0 Å². The lowest BCUT2D eigenvalue weighted by Gasteiger charge is -2.25. The highest BCUT2D eigenvalue weighted by atomic mass is 35.5. The molecule has 0 saturated carbocycles. The Bertz CT molecular complexity index is 1640. The fourth-order valence-corrected chi connectivity index (χ4v) is 4.96. The number of aromatic nitrogens is 3. The minimum Gasteiger partial charge on any atom is -0.437 e. The van der Waals surface area contributed by atoms with Crippen molar-refractivity contribution in [2.45, 2.75) is 45.7 Å². The number of hydrogen-bond acceptors (Lipinski definition) is 5. The van der Waals surface area contributed by atoms with Crippen LogP contribution in [0.4, 0.5) is 11.6 Å². The quantitative estimate of drug-likeness (QED) is 0.193. The topological polar surface area (TPSA) is 66.1 Å². The first-order valence-electron chi connectivity index (χ1n) is 13.2. The van der Waals surface area contributed by atoms with Crippen LogP contribution in [0, 0.1) is 0 Å². The molecule has 0 saturated heterocycles. The van der Waals surface area contributed by atoms with Gasteiger partial charge in [-0.05, 0) is 73.0 Å². The van der Waals surface area contributed by atoms with Crippen LogP contribution >= 0.6 is 23.2 Å². The number of benzene rings is 3. The zero-order valence-corrected chi connectivity index (χ0v) is 24.8. The smallest absolute Gasteiger partial charge is 0.243 e. The molecule has 0 fully saturated rings. The Balaban J connectivity index is 1.34. The summed E-state index contributed by atoms with van der Waals surface area (Å²) in [7, 11) is 2.10. The van der Waals surface area contributed by atoms with Crippen molar-refractivity contribution >= 4 is 45.9 Å². The molecule has 8 heteroatoms. The zero-order valence-electron chi connectivity index (χ0n) is 23.3. The molecule has 5 aromatic rings. The number of rotatable bonds is 8. The minimum atomic E-state index is -0.0670. The Morgan fingerprint density at radius 2 is 1.77 bits per heavy atom. The summed E-state index contributed by atoms with van der Waals surface area (Å²) in [5.41, 5.74) is 5.87. The first-order chi connectivity index (χ1) is 19.1. The summed E-state index contributed by atoms with van der Waals surface area (Å²) >= 11 is 12.3. The van der Waals surface area contributed by atoms with Gasteiger partial charge < -0.3 is 15.0 Å². The lowest BCUT2D eigenvalue weighted by Crippen LogP contribution is -2.21. The van der Waals surface area contributed by atoms with Gasteiger partial charge >= 0.3 is 0 Å². The van der Waals surface area contributed by atoms with E-state index in [1.807, 2.05) is 54.6 Å². The summed E-state index contributed by atoms with van der Waals surface area (Å²) < 4.78 is 6.32. The van der Waals surface area contributed by atoms with E-state index in [1.165, 1.54) is 5.56 Å². The van der Waals surface area contributed by atoms with Gasteiger partial charge in [-0.25, -0.2) is 9.97 Å². The van der Waals surface area contributed by atoms with Crippen LogP contribution in [-0.2, 0) is 12.0 Å². The second kappa shape index (κ2) is 11.5. The fourth-order valence-electron chi connectivity index (χ4n) is 4.64. The summed E-state index contributed by atoms with van der Waals surface area (Å²) in [4.78, 5) is 14.9. The van der Waals surface area contributed by atoms with Crippen molar-refractivity contribution in [1.82, 2.24) is 19.9 Å². The number of ether oxygens (including phenoxy) is 1. The van der Waals surface area contributed by atoms with Gasteiger partial charge in [-0.3, -0.25) is 4.90 Å². The summed E-state index contributed by atoms with van der Waals surface area (Å²) in [6, 6.07) is 24.1. The molecule has 3 aromatic carbocycles. The number of halogens is 2. The number of imidazole rings is 1. The van der Waals surface area contributed by atoms with Gasteiger partial charge in [0.15, 0.2) is 0 Å². The van der Waals surface area contributed by atoms with E-state index in [0.29, 0.717) is 21.9 Å². The highest BCUT2D eigenvalue weighted by Crippen LogP contribution is 2.36. The first-order valence-corrected chi connectivity index (χ1v) is 14.0. The number of nitrogens with one attached hydrogen (secondary N) is 2. The van der Waals surface area contributed by atoms with Crippen LogP contribution in [0.25, 0.3) is 11.0 Å². The molecule has 1 unspecified atom stereocenters. The second-order valence-corrected chi connectivity index (χ2v) is 11.8. The maximum Gasteiger partial charge on any atom is 0.243 e. The number of anilines is 2. The summed E-state index contributed by atoms with van der Waals surface area (Å²) in [6.45, 7) is 9.43. The monoisotopic (exact) mass is 573 g/mol. The second-order valence-electron chi connectivity index (χ2n) is 11.0. The third-order valence-corrected chi connectivity index (χ3v) is 7.73. The van der Waals surface area contributed by atoms with Crippen molar-refractivity contribution in [2.75, 3.05) is 12.4 Å². The SMILES string of the molecule is CC(c1ccc2nc(Nc3cccnc3Oc3ccccc3C(C)(C)C)[nH]c2c1)N(C)Cc1ccc(Cl)c(Cl)c1.